The third kappa shape index (κ3) is 6.29. The van der Waals surface area contributed by atoms with Gasteiger partial charge in [-0.05, 0) is 30.2 Å². The molecule has 3 nitrogen and oxygen atoms in total. The van der Waals surface area contributed by atoms with Crippen LogP contribution in [0.2, 0.25) is 0 Å². The highest BCUT2D eigenvalue weighted by molar-refractivity contribution is 5.28. The molecule has 0 aromatic heterocycles. The maximum Gasteiger partial charge on any atom is 0.119 e. The van der Waals surface area contributed by atoms with Crippen molar-refractivity contribution in [3.63, 3.8) is 0 Å². The smallest absolute Gasteiger partial charge is 0.119 e. The molecule has 0 radical (unpaired) electrons. The van der Waals surface area contributed by atoms with E-state index in [1.54, 1.807) is 7.11 Å². The quantitative estimate of drug-likeness (QED) is 0.678. The predicted octanol–water partition coefficient (Wildman–Crippen LogP) is 2.03. The first-order chi connectivity index (χ1) is 8.22. The molecule has 1 aromatic rings. The molecule has 3 heteroatoms. The molecule has 17 heavy (non-hydrogen) atoms. The minimum Gasteiger partial charge on any atom is -0.497 e. The predicted molar refractivity (Wildman–Crippen MR) is 72.4 cm³/mol. The molecule has 0 fully saturated rings. The van der Waals surface area contributed by atoms with Gasteiger partial charge in [-0.15, -0.1) is 0 Å². The molecule has 0 saturated carbocycles. The summed E-state index contributed by atoms with van der Waals surface area (Å²) in [6.45, 7) is 8.42. The molecular formula is C14H24N2O. The number of hydrogen-bond acceptors (Lipinski definition) is 3. The summed E-state index contributed by atoms with van der Waals surface area (Å²) < 4.78 is 5.19. The Kier molecular flexibility index (Phi) is 6.67. The Morgan fingerprint density at radius 2 is 1.94 bits per heavy atom. The van der Waals surface area contributed by atoms with Gasteiger partial charge in [0, 0.05) is 19.6 Å². The lowest BCUT2D eigenvalue weighted by Gasteiger charge is -2.09. The van der Waals surface area contributed by atoms with Crippen molar-refractivity contribution in [2.24, 2.45) is 5.92 Å². The minimum absolute atomic E-state index is 0.716. The molecule has 0 aliphatic heterocycles. The molecule has 0 bridgehead atoms. The molecule has 2 N–H and O–H groups in total. The van der Waals surface area contributed by atoms with E-state index in [2.05, 4.69) is 36.6 Å². The van der Waals surface area contributed by atoms with E-state index >= 15 is 0 Å². The Labute approximate surface area is 105 Å². The van der Waals surface area contributed by atoms with Gasteiger partial charge in [-0.3, -0.25) is 0 Å². The van der Waals surface area contributed by atoms with Crippen molar-refractivity contribution in [1.82, 2.24) is 10.6 Å². The number of benzene rings is 1. The molecule has 0 amide bonds. The van der Waals surface area contributed by atoms with E-state index < -0.39 is 0 Å². The summed E-state index contributed by atoms with van der Waals surface area (Å²) in [5.74, 6) is 1.63. The molecule has 0 aliphatic carbocycles. The van der Waals surface area contributed by atoms with Crippen molar-refractivity contribution >= 4 is 0 Å². The topological polar surface area (TPSA) is 33.3 Å². The Bertz CT molecular complexity index is 313. The van der Waals surface area contributed by atoms with E-state index in [0.29, 0.717) is 5.92 Å². The second-order valence-corrected chi connectivity index (χ2v) is 4.63. The number of hydrogen-bond donors (Lipinski definition) is 2. The average Bonchev–Trinajstić information content (AvgIpc) is 2.33. The van der Waals surface area contributed by atoms with Crippen LogP contribution >= 0.6 is 0 Å². The first kappa shape index (κ1) is 14.0. The van der Waals surface area contributed by atoms with Crippen molar-refractivity contribution < 1.29 is 4.74 Å². The molecule has 0 saturated heterocycles. The van der Waals surface area contributed by atoms with Crippen molar-refractivity contribution in [3.05, 3.63) is 29.8 Å². The van der Waals surface area contributed by atoms with Crippen molar-refractivity contribution in [3.8, 4) is 5.75 Å². The van der Waals surface area contributed by atoms with Gasteiger partial charge in [0.2, 0.25) is 0 Å². The van der Waals surface area contributed by atoms with Gasteiger partial charge in [0.05, 0.1) is 7.11 Å². The number of ether oxygens (including phenoxy) is 1. The molecule has 1 aromatic carbocycles. The van der Waals surface area contributed by atoms with Crippen LogP contribution in [0.15, 0.2) is 24.3 Å². The highest BCUT2D eigenvalue weighted by Crippen LogP contribution is 2.11. The van der Waals surface area contributed by atoms with Gasteiger partial charge in [-0.2, -0.15) is 0 Å². The Balaban J connectivity index is 2.13. The summed E-state index contributed by atoms with van der Waals surface area (Å²) >= 11 is 0. The first-order valence-electron chi connectivity index (χ1n) is 6.26. The lowest BCUT2D eigenvalue weighted by atomic mass is 10.2. The normalized spacial score (nSPS) is 10.8. The van der Waals surface area contributed by atoms with Crippen LogP contribution in [0.25, 0.3) is 0 Å². The SMILES string of the molecule is COc1cccc(CNCCNCC(C)C)c1. The fourth-order valence-electron chi connectivity index (χ4n) is 1.58. The maximum atomic E-state index is 5.19. The lowest BCUT2D eigenvalue weighted by molar-refractivity contribution is 0.414. The molecule has 0 atom stereocenters. The van der Waals surface area contributed by atoms with Crippen LogP contribution in [0.1, 0.15) is 19.4 Å². The van der Waals surface area contributed by atoms with Crippen LogP contribution < -0.4 is 15.4 Å². The van der Waals surface area contributed by atoms with Crippen LogP contribution in [0, 0.1) is 5.92 Å². The van der Waals surface area contributed by atoms with Crippen molar-refractivity contribution in [2.45, 2.75) is 20.4 Å². The fourth-order valence-corrected chi connectivity index (χ4v) is 1.58. The summed E-state index contributed by atoms with van der Waals surface area (Å²) in [6.07, 6.45) is 0. The summed E-state index contributed by atoms with van der Waals surface area (Å²) in [7, 11) is 1.70. The minimum atomic E-state index is 0.716. The Morgan fingerprint density at radius 3 is 2.65 bits per heavy atom. The van der Waals surface area contributed by atoms with E-state index in [1.165, 1.54) is 5.56 Å². The van der Waals surface area contributed by atoms with E-state index in [1.807, 2.05) is 12.1 Å². The first-order valence-corrected chi connectivity index (χ1v) is 6.26. The van der Waals surface area contributed by atoms with Crippen LogP contribution in [-0.4, -0.2) is 26.7 Å². The standard InChI is InChI=1S/C14H24N2O/c1-12(2)10-15-7-8-16-11-13-5-4-6-14(9-13)17-3/h4-6,9,12,15-16H,7-8,10-11H2,1-3H3. The largest absolute Gasteiger partial charge is 0.497 e. The van der Waals surface area contributed by atoms with Crippen LogP contribution in [0.3, 0.4) is 0 Å². The highest BCUT2D eigenvalue weighted by Gasteiger charge is 1.96. The van der Waals surface area contributed by atoms with Crippen LogP contribution in [-0.2, 0) is 6.54 Å². The second kappa shape index (κ2) is 8.09. The average molecular weight is 236 g/mol. The molecular weight excluding hydrogens is 212 g/mol. The summed E-state index contributed by atoms with van der Waals surface area (Å²) in [4.78, 5) is 0. The molecule has 0 aliphatic rings. The van der Waals surface area contributed by atoms with Gasteiger partial charge in [0.15, 0.2) is 0 Å². The summed E-state index contributed by atoms with van der Waals surface area (Å²) in [5.41, 5.74) is 1.26. The zero-order valence-corrected chi connectivity index (χ0v) is 11.1. The zero-order chi connectivity index (χ0) is 12.5. The third-order valence-electron chi connectivity index (χ3n) is 2.49. The van der Waals surface area contributed by atoms with Gasteiger partial charge in [0.1, 0.15) is 5.75 Å². The lowest BCUT2D eigenvalue weighted by Crippen LogP contribution is -2.29. The van der Waals surface area contributed by atoms with Crippen LogP contribution in [0.4, 0.5) is 0 Å². The Morgan fingerprint density at radius 1 is 1.18 bits per heavy atom. The molecule has 0 spiro atoms. The van der Waals surface area contributed by atoms with E-state index in [4.69, 9.17) is 4.74 Å². The molecule has 0 unspecified atom stereocenters. The van der Waals surface area contributed by atoms with Gasteiger partial charge in [-0.25, -0.2) is 0 Å². The molecule has 0 heterocycles. The van der Waals surface area contributed by atoms with E-state index in [9.17, 15) is 0 Å². The number of methoxy groups -OCH3 is 1. The van der Waals surface area contributed by atoms with E-state index in [-0.39, 0.29) is 0 Å². The van der Waals surface area contributed by atoms with Gasteiger partial charge < -0.3 is 15.4 Å². The highest BCUT2D eigenvalue weighted by atomic mass is 16.5. The number of rotatable bonds is 8. The van der Waals surface area contributed by atoms with E-state index in [0.717, 1.165) is 31.9 Å². The fraction of sp³-hybridized carbons (Fsp3) is 0.571. The number of nitrogens with one attached hydrogen (secondary N) is 2. The zero-order valence-electron chi connectivity index (χ0n) is 11.1. The van der Waals surface area contributed by atoms with Crippen molar-refractivity contribution in [1.29, 1.82) is 0 Å². The van der Waals surface area contributed by atoms with Crippen LogP contribution in [0.5, 0.6) is 5.75 Å². The summed E-state index contributed by atoms with van der Waals surface area (Å²) in [5, 5.41) is 6.82. The summed E-state index contributed by atoms with van der Waals surface area (Å²) in [6, 6.07) is 8.16. The monoisotopic (exact) mass is 236 g/mol. The van der Waals surface area contributed by atoms with Crippen molar-refractivity contribution in [2.75, 3.05) is 26.7 Å². The molecule has 1 rings (SSSR count). The maximum absolute atomic E-state index is 5.19. The Hall–Kier alpha value is -1.06. The van der Waals surface area contributed by atoms with Gasteiger partial charge in [-0.1, -0.05) is 26.0 Å². The van der Waals surface area contributed by atoms with Gasteiger partial charge >= 0.3 is 0 Å². The second-order valence-electron chi connectivity index (χ2n) is 4.63. The molecule has 96 valence electrons. The third-order valence-corrected chi connectivity index (χ3v) is 2.49. The van der Waals surface area contributed by atoms with Gasteiger partial charge in [0.25, 0.3) is 0 Å².